The fourth-order valence-electron chi connectivity index (χ4n) is 3.38. The molecule has 1 unspecified atom stereocenters. The molecule has 0 radical (unpaired) electrons. The van der Waals surface area contributed by atoms with Crippen LogP contribution in [0, 0.1) is 0 Å². The van der Waals surface area contributed by atoms with E-state index in [9.17, 15) is 5.11 Å². The Morgan fingerprint density at radius 3 is 2.65 bits per heavy atom. The quantitative estimate of drug-likeness (QED) is 0.910. The molecule has 1 aliphatic rings. The Labute approximate surface area is 142 Å². The topological polar surface area (TPSA) is 32.7 Å². The number of halogens is 1. The summed E-state index contributed by atoms with van der Waals surface area (Å²) in [5.41, 5.74) is 3.53. The lowest BCUT2D eigenvalue weighted by molar-refractivity contribution is 0.216. The van der Waals surface area contributed by atoms with Crippen LogP contribution in [-0.2, 0) is 12.8 Å². The molecule has 0 spiro atoms. The van der Waals surface area contributed by atoms with Gasteiger partial charge in [0, 0.05) is 23.2 Å². The molecular formula is C19H22ClNO2. The number of likely N-dealkylation sites (N-methyl/N-ethyl adjacent to an activating group) is 1. The van der Waals surface area contributed by atoms with E-state index in [0.717, 1.165) is 36.4 Å². The molecule has 122 valence electrons. The summed E-state index contributed by atoms with van der Waals surface area (Å²) in [6.07, 6.45) is 2.85. The fourth-order valence-corrected chi connectivity index (χ4v) is 3.51. The second-order valence-corrected chi connectivity index (χ2v) is 6.53. The number of phenols is 1. The van der Waals surface area contributed by atoms with Crippen molar-refractivity contribution in [2.24, 2.45) is 0 Å². The van der Waals surface area contributed by atoms with Gasteiger partial charge in [-0.15, -0.1) is 0 Å². The lowest BCUT2D eigenvalue weighted by Crippen LogP contribution is -2.32. The zero-order valence-corrected chi connectivity index (χ0v) is 14.3. The minimum absolute atomic E-state index is 0.301. The van der Waals surface area contributed by atoms with Crippen LogP contribution in [0.15, 0.2) is 36.4 Å². The van der Waals surface area contributed by atoms with Gasteiger partial charge in [-0.25, -0.2) is 0 Å². The highest BCUT2D eigenvalue weighted by Gasteiger charge is 2.27. The monoisotopic (exact) mass is 331 g/mol. The largest absolute Gasteiger partial charge is 0.504 e. The van der Waals surface area contributed by atoms with Crippen molar-refractivity contribution in [1.82, 2.24) is 4.90 Å². The van der Waals surface area contributed by atoms with E-state index in [2.05, 4.69) is 30.1 Å². The summed E-state index contributed by atoms with van der Waals surface area (Å²) in [4.78, 5) is 2.37. The molecule has 3 rings (SSSR count). The number of hydrogen-bond acceptors (Lipinski definition) is 3. The summed E-state index contributed by atoms with van der Waals surface area (Å²) in [5, 5.41) is 11.2. The molecule has 0 aliphatic carbocycles. The van der Waals surface area contributed by atoms with Gasteiger partial charge in [0.2, 0.25) is 0 Å². The van der Waals surface area contributed by atoms with E-state index in [0.29, 0.717) is 17.5 Å². The van der Waals surface area contributed by atoms with Crippen LogP contribution in [0.1, 0.15) is 29.2 Å². The normalized spacial score (nSPS) is 17.8. The smallest absolute Gasteiger partial charge is 0.161 e. The average molecular weight is 332 g/mol. The summed E-state index contributed by atoms with van der Waals surface area (Å²) in [6, 6.07) is 12.3. The number of rotatable bonds is 4. The Balaban J connectivity index is 1.82. The van der Waals surface area contributed by atoms with Crippen LogP contribution in [0.5, 0.6) is 11.5 Å². The van der Waals surface area contributed by atoms with Crippen LogP contribution >= 0.6 is 11.6 Å². The van der Waals surface area contributed by atoms with Crippen molar-refractivity contribution in [1.29, 1.82) is 0 Å². The lowest BCUT2D eigenvalue weighted by Gasteiger charge is -2.35. The van der Waals surface area contributed by atoms with E-state index >= 15 is 0 Å². The van der Waals surface area contributed by atoms with Crippen molar-refractivity contribution in [3.8, 4) is 11.5 Å². The van der Waals surface area contributed by atoms with Gasteiger partial charge >= 0.3 is 0 Å². The highest BCUT2D eigenvalue weighted by atomic mass is 35.5. The maximum Gasteiger partial charge on any atom is 0.161 e. The van der Waals surface area contributed by atoms with Crippen LogP contribution < -0.4 is 4.74 Å². The third-order valence-electron chi connectivity index (χ3n) is 4.73. The van der Waals surface area contributed by atoms with Crippen LogP contribution in [0.25, 0.3) is 0 Å². The van der Waals surface area contributed by atoms with Crippen molar-refractivity contribution >= 4 is 11.6 Å². The van der Waals surface area contributed by atoms with Crippen LogP contribution in [-0.4, -0.2) is 30.7 Å². The number of hydrogen-bond donors (Lipinski definition) is 1. The van der Waals surface area contributed by atoms with Crippen molar-refractivity contribution in [2.75, 3.05) is 20.7 Å². The highest BCUT2D eigenvalue weighted by molar-refractivity contribution is 6.30. The van der Waals surface area contributed by atoms with Crippen molar-refractivity contribution < 1.29 is 9.84 Å². The number of benzene rings is 2. The molecule has 1 aliphatic heterocycles. The molecule has 0 fully saturated rings. The number of nitrogens with zero attached hydrogens (tertiary/aromatic N) is 1. The summed E-state index contributed by atoms with van der Waals surface area (Å²) < 4.78 is 5.24. The standard InChI is InChI=1S/C19H22ClNO2/c1-21-12-11-16-15(8-10-18(23-2)19(16)22)17(21)9-5-13-3-6-14(20)7-4-13/h3-4,6-8,10,17,22H,5,9,11-12H2,1-2H3. The van der Waals surface area contributed by atoms with Gasteiger partial charge in [0.25, 0.3) is 0 Å². The van der Waals surface area contributed by atoms with Gasteiger partial charge in [0.15, 0.2) is 11.5 Å². The van der Waals surface area contributed by atoms with Crippen molar-refractivity contribution in [2.45, 2.75) is 25.3 Å². The number of phenolic OH excluding ortho intramolecular Hbond substituents is 1. The van der Waals surface area contributed by atoms with Crippen molar-refractivity contribution in [3.63, 3.8) is 0 Å². The Morgan fingerprint density at radius 1 is 1.22 bits per heavy atom. The second-order valence-electron chi connectivity index (χ2n) is 6.10. The van der Waals surface area contributed by atoms with Crippen molar-refractivity contribution in [3.05, 3.63) is 58.1 Å². The first-order valence-corrected chi connectivity index (χ1v) is 8.31. The Morgan fingerprint density at radius 2 is 1.96 bits per heavy atom. The highest BCUT2D eigenvalue weighted by Crippen LogP contribution is 2.40. The zero-order valence-electron chi connectivity index (χ0n) is 13.6. The first-order valence-electron chi connectivity index (χ1n) is 7.93. The molecule has 0 saturated heterocycles. The average Bonchev–Trinajstić information content (AvgIpc) is 2.56. The van der Waals surface area contributed by atoms with Gasteiger partial charge in [-0.05, 0) is 55.6 Å². The van der Waals surface area contributed by atoms with Gasteiger partial charge in [-0.3, -0.25) is 4.90 Å². The predicted octanol–water partition coefficient (Wildman–Crippen LogP) is 4.22. The minimum atomic E-state index is 0.301. The Kier molecular flexibility index (Phi) is 4.79. The Hall–Kier alpha value is -1.71. The molecule has 1 atom stereocenters. The molecule has 0 saturated carbocycles. The molecule has 0 bridgehead atoms. The number of aromatic hydroxyl groups is 1. The summed E-state index contributed by atoms with van der Waals surface area (Å²) >= 11 is 5.95. The third kappa shape index (κ3) is 3.31. The molecule has 2 aromatic carbocycles. The third-order valence-corrected chi connectivity index (χ3v) is 4.98. The summed E-state index contributed by atoms with van der Waals surface area (Å²) in [7, 11) is 3.74. The van der Waals surface area contributed by atoms with E-state index < -0.39 is 0 Å². The van der Waals surface area contributed by atoms with Crippen LogP contribution in [0.4, 0.5) is 0 Å². The van der Waals surface area contributed by atoms with E-state index in [1.807, 2.05) is 18.2 Å². The zero-order chi connectivity index (χ0) is 16.4. The molecule has 0 amide bonds. The maximum absolute atomic E-state index is 10.4. The first-order chi connectivity index (χ1) is 11.1. The first kappa shape index (κ1) is 16.2. The van der Waals surface area contributed by atoms with Crippen LogP contribution in [0.3, 0.4) is 0 Å². The summed E-state index contributed by atoms with van der Waals surface area (Å²) in [5.74, 6) is 0.861. The number of methoxy groups -OCH3 is 1. The number of aryl methyl sites for hydroxylation is 1. The SMILES string of the molecule is COc1ccc2c(c1O)CCN(C)C2CCc1ccc(Cl)cc1. The molecule has 0 aromatic heterocycles. The maximum atomic E-state index is 10.4. The van der Waals surface area contributed by atoms with E-state index in [4.69, 9.17) is 16.3 Å². The van der Waals surface area contributed by atoms with Gasteiger partial charge in [-0.2, -0.15) is 0 Å². The predicted molar refractivity (Wildman–Crippen MR) is 93.5 cm³/mol. The minimum Gasteiger partial charge on any atom is -0.504 e. The second kappa shape index (κ2) is 6.81. The fraction of sp³-hybridized carbons (Fsp3) is 0.368. The van der Waals surface area contributed by atoms with Gasteiger partial charge in [0.1, 0.15) is 0 Å². The van der Waals surface area contributed by atoms with Crippen LogP contribution in [0.2, 0.25) is 5.02 Å². The van der Waals surface area contributed by atoms with Gasteiger partial charge in [-0.1, -0.05) is 29.8 Å². The molecule has 1 heterocycles. The lowest BCUT2D eigenvalue weighted by atomic mass is 9.88. The van der Waals surface area contributed by atoms with Gasteiger partial charge in [0.05, 0.1) is 7.11 Å². The van der Waals surface area contributed by atoms with E-state index in [1.165, 1.54) is 11.1 Å². The molecule has 23 heavy (non-hydrogen) atoms. The molecule has 3 nitrogen and oxygen atoms in total. The number of ether oxygens (including phenoxy) is 1. The Bertz CT molecular complexity index is 685. The van der Waals surface area contributed by atoms with Gasteiger partial charge < -0.3 is 9.84 Å². The molecule has 4 heteroatoms. The molecular weight excluding hydrogens is 310 g/mol. The molecule has 2 aromatic rings. The molecule has 1 N–H and O–H groups in total. The number of fused-ring (bicyclic) bond motifs is 1. The summed E-state index contributed by atoms with van der Waals surface area (Å²) in [6.45, 7) is 0.943. The van der Waals surface area contributed by atoms with E-state index in [-0.39, 0.29) is 0 Å². The van der Waals surface area contributed by atoms with E-state index in [1.54, 1.807) is 7.11 Å².